The van der Waals surface area contributed by atoms with Gasteiger partial charge in [0.15, 0.2) is 11.7 Å². The van der Waals surface area contributed by atoms with E-state index in [1.165, 1.54) is 12.0 Å². The minimum atomic E-state index is -1.56. The monoisotopic (exact) mass is 437 g/mol. The molecule has 172 valence electrons. The summed E-state index contributed by atoms with van der Waals surface area (Å²) in [5.41, 5.74) is 0.399. The van der Waals surface area contributed by atoms with Crippen LogP contribution in [0, 0.1) is 5.92 Å². The summed E-state index contributed by atoms with van der Waals surface area (Å²) in [6.07, 6.45) is 11.4. The molecule has 0 spiro atoms. The Morgan fingerprint density at radius 2 is 1.78 bits per heavy atom. The molecule has 1 aromatic carbocycles. The highest BCUT2D eigenvalue weighted by Crippen LogP contribution is 2.41. The Kier molecular flexibility index (Phi) is 7.27. The van der Waals surface area contributed by atoms with Crippen LogP contribution in [0.3, 0.4) is 0 Å². The largest absolute Gasteiger partial charge is 0.454 e. The molecule has 1 saturated heterocycles. The molecule has 1 N–H and O–H groups in total. The van der Waals surface area contributed by atoms with Gasteiger partial charge in [-0.05, 0) is 42.5 Å². The van der Waals surface area contributed by atoms with Gasteiger partial charge in [0.25, 0.3) is 0 Å². The minimum absolute atomic E-state index is 0.0812. The van der Waals surface area contributed by atoms with E-state index < -0.39 is 11.6 Å². The zero-order chi connectivity index (χ0) is 22.4. The Morgan fingerprint density at radius 3 is 2.50 bits per heavy atom. The number of piperidine rings is 1. The third-order valence-corrected chi connectivity index (χ3v) is 7.55. The number of likely N-dealkylation sites (N-methyl/N-ethyl adjacent to an activating group) is 1. The zero-order valence-electron chi connectivity index (χ0n) is 19.3. The van der Waals surface area contributed by atoms with Gasteiger partial charge in [-0.15, -0.1) is 0 Å². The second kappa shape index (κ2) is 10.1. The van der Waals surface area contributed by atoms with Crippen molar-refractivity contribution >= 4 is 5.97 Å². The molecule has 2 heterocycles. The molecule has 5 nitrogen and oxygen atoms in total. The molecule has 0 bridgehead atoms. The molecule has 0 amide bonds. The fraction of sp³-hybridized carbons (Fsp3) is 0.556. The molecule has 0 radical (unpaired) electrons. The van der Waals surface area contributed by atoms with Crippen molar-refractivity contribution in [1.82, 2.24) is 4.98 Å². The van der Waals surface area contributed by atoms with Crippen LogP contribution in [0.2, 0.25) is 0 Å². The van der Waals surface area contributed by atoms with Gasteiger partial charge in [0, 0.05) is 31.2 Å². The third kappa shape index (κ3) is 5.21. The van der Waals surface area contributed by atoms with Crippen molar-refractivity contribution in [2.45, 2.75) is 63.1 Å². The fourth-order valence-corrected chi connectivity index (χ4v) is 5.60. The van der Waals surface area contributed by atoms with E-state index >= 15 is 0 Å². The molecule has 32 heavy (non-hydrogen) atoms. The van der Waals surface area contributed by atoms with Crippen molar-refractivity contribution < 1.29 is 19.1 Å². The summed E-state index contributed by atoms with van der Waals surface area (Å²) in [6, 6.07) is 13.6. The van der Waals surface area contributed by atoms with Crippen LogP contribution in [-0.4, -0.2) is 53.3 Å². The summed E-state index contributed by atoms with van der Waals surface area (Å²) in [5, 5.41) is 11.8. The standard InChI is InChI=1S/C27H37N2O3/c1-29(20-16-22-14-17-28-18-15-22)19-8-13-25(21-29)32-26(30)27(31,23-9-4-2-5-10-23)24-11-6-3-7-12-24/h2,4-5,9-10,14-15,17-18,24-25,31H,3,6-8,11-13,16,19-21H2,1H3/q+1/t25?,27-,29?/m0/s1. The van der Waals surface area contributed by atoms with E-state index in [2.05, 4.69) is 24.2 Å². The zero-order valence-corrected chi connectivity index (χ0v) is 19.3. The molecule has 2 aliphatic rings. The molecule has 5 heteroatoms. The van der Waals surface area contributed by atoms with Crippen LogP contribution in [0.25, 0.3) is 0 Å². The maximum Gasteiger partial charge on any atom is 0.343 e. The molecule has 4 rings (SSSR count). The van der Waals surface area contributed by atoms with Crippen LogP contribution < -0.4 is 0 Å². The normalized spacial score (nSPS) is 26.2. The molecule has 2 unspecified atom stereocenters. The first-order chi connectivity index (χ1) is 15.5. The maximum atomic E-state index is 13.5. The number of carbonyl (C=O) groups excluding carboxylic acids is 1. The quantitative estimate of drug-likeness (QED) is 0.520. The number of aromatic nitrogens is 1. The Bertz CT molecular complexity index is 869. The van der Waals surface area contributed by atoms with Gasteiger partial charge in [0.2, 0.25) is 0 Å². The first-order valence-corrected chi connectivity index (χ1v) is 12.2. The minimum Gasteiger partial charge on any atom is -0.454 e. The SMILES string of the molecule is C[N+]1(CCc2ccncc2)CCCC(OC(=O)[C@](O)(c2ccccc2)C2CCCCC2)C1. The Labute approximate surface area is 192 Å². The lowest BCUT2D eigenvalue weighted by molar-refractivity contribution is -0.916. The molecular weight excluding hydrogens is 400 g/mol. The summed E-state index contributed by atoms with van der Waals surface area (Å²) in [5.74, 6) is -0.537. The number of quaternary nitrogens is 1. The molecule has 1 aromatic heterocycles. The van der Waals surface area contributed by atoms with E-state index in [0.717, 1.165) is 69.1 Å². The number of esters is 1. The topological polar surface area (TPSA) is 59.4 Å². The van der Waals surface area contributed by atoms with E-state index in [1.54, 1.807) is 0 Å². The Balaban J connectivity index is 1.45. The second-order valence-electron chi connectivity index (χ2n) is 9.99. The van der Waals surface area contributed by atoms with E-state index in [-0.39, 0.29) is 12.0 Å². The van der Waals surface area contributed by atoms with Crippen molar-refractivity contribution in [3.63, 3.8) is 0 Å². The Morgan fingerprint density at radius 1 is 1.06 bits per heavy atom. The summed E-state index contributed by atoms with van der Waals surface area (Å²) in [6.45, 7) is 2.89. The van der Waals surface area contributed by atoms with E-state index in [9.17, 15) is 9.90 Å². The van der Waals surface area contributed by atoms with Crippen molar-refractivity contribution in [2.24, 2.45) is 5.92 Å². The summed E-state index contributed by atoms with van der Waals surface area (Å²) in [4.78, 5) is 17.6. The van der Waals surface area contributed by atoms with Gasteiger partial charge in [-0.3, -0.25) is 4.98 Å². The number of carbonyl (C=O) groups is 1. The third-order valence-electron chi connectivity index (χ3n) is 7.55. The second-order valence-corrected chi connectivity index (χ2v) is 9.99. The van der Waals surface area contributed by atoms with Crippen LogP contribution in [0.4, 0.5) is 0 Å². The van der Waals surface area contributed by atoms with Gasteiger partial charge in [-0.2, -0.15) is 0 Å². The van der Waals surface area contributed by atoms with Crippen molar-refractivity contribution in [1.29, 1.82) is 0 Å². The lowest BCUT2D eigenvalue weighted by Gasteiger charge is -2.42. The van der Waals surface area contributed by atoms with Crippen LogP contribution in [0.1, 0.15) is 56.1 Å². The first-order valence-electron chi connectivity index (χ1n) is 12.2. The van der Waals surface area contributed by atoms with Crippen molar-refractivity contribution in [3.05, 3.63) is 66.0 Å². The summed E-state index contributed by atoms with van der Waals surface area (Å²) >= 11 is 0. The summed E-state index contributed by atoms with van der Waals surface area (Å²) in [7, 11) is 2.26. The predicted octanol–water partition coefficient (Wildman–Crippen LogP) is 4.24. The summed E-state index contributed by atoms with van der Waals surface area (Å²) < 4.78 is 6.98. The van der Waals surface area contributed by atoms with Crippen molar-refractivity contribution in [3.8, 4) is 0 Å². The van der Waals surface area contributed by atoms with Gasteiger partial charge >= 0.3 is 5.97 Å². The average molecular weight is 438 g/mol. The molecular formula is C27H37N2O3+. The number of nitrogens with zero attached hydrogens (tertiary/aromatic N) is 2. The highest BCUT2D eigenvalue weighted by molar-refractivity contribution is 5.81. The van der Waals surface area contributed by atoms with Gasteiger partial charge in [-0.1, -0.05) is 49.6 Å². The fourth-order valence-electron chi connectivity index (χ4n) is 5.60. The number of hydrogen-bond acceptors (Lipinski definition) is 4. The lowest BCUT2D eigenvalue weighted by atomic mass is 9.73. The van der Waals surface area contributed by atoms with E-state index in [1.807, 2.05) is 42.7 Å². The van der Waals surface area contributed by atoms with E-state index in [4.69, 9.17) is 4.74 Å². The number of benzene rings is 1. The number of pyridine rings is 1. The van der Waals surface area contributed by atoms with Crippen LogP contribution >= 0.6 is 0 Å². The van der Waals surface area contributed by atoms with Crippen LogP contribution in [0.15, 0.2) is 54.9 Å². The molecule has 1 aliphatic carbocycles. The number of likely N-dealkylation sites (tertiary alicyclic amines) is 1. The highest BCUT2D eigenvalue weighted by atomic mass is 16.6. The number of hydrogen-bond donors (Lipinski definition) is 1. The lowest BCUT2D eigenvalue weighted by Crippen LogP contribution is -2.56. The maximum absolute atomic E-state index is 13.5. The molecule has 3 atom stereocenters. The Hall–Kier alpha value is -2.24. The molecule has 1 aliphatic heterocycles. The smallest absolute Gasteiger partial charge is 0.343 e. The molecule has 2 fully saturated rings. The molecule has 1 saturated carbocycles. The van der Waals surface area contributed by atoms with E-state index in [0.29, 0.717) is 5.56 Å². The molecule has 2 aromatic rings. The first kappa shape index (κ1) is 22.9. The van der Waals surface area contributed by atoms with Gasteiger partial charge in [0.05, 0.1) is 20.1 Å². The predicted molar refractivity (Wildman–Crippen MR) is 125 cm³/mol. The number of ether oxygens (including phenoxy) is 1. The van der Waals surface area contributed by atoms with Gasteiger partial charge in [-0.25, -0.2) is 4.79 Å². The number of aliphatic hydroxyl groups is 1. The number of rotatable bonds is 7. The van der Waals surface area contributed by atoms with Gasteiger partial charge in [0.1, 0.15) is 6.54 Å². The average Bonchev–Trinajstić information content (AvgIpc) is 2.84. The van der Waals surface area contributed by atoms with Crippen molar-refractivity contribution in [2.75, 3.05) is 26.7 Å². The van der Waals surface area contributed by atoms with Crippen LogP contribution in [-0.2, 0) is 21.6 Å². The van der Waals surface area contributed by atoms with Gasteiger partial charge < -0.3 is 14.3 Å². The highest BCUT2D eigenvalue weighted by Gasteiger charge is 2.48. The van der Waals surface area contributed by atoms with Crippen LogP contribution in [0.5, 0.6) is 0 Å².